The molecule has 0 atom stereocenters. The summed E-state index contributed by atoms with van der Waals surface area (Å²) in [5.74, 6) is 0.358. The lowest BCUT2D eigenvalue weighted by Crippen LogP contribution is -2.41. The van der Waals surface area contributed by atoms with E-state index in [-0.39, 0.29) is 24.5 Å². The molecular weight excluding hydrogens is 292 g/mol. The van der Waals surface area contributed by atoms with Gasteiger partial charge in [-0.1, -0.05) is 25.5 Å². The van der Waals surface area contributed by atoms with Crippen molar-refractivity contribution in [2.24, 2.45) is 0 Å². The summed E-state index contributed by atoms with van der Waals surface area (Å²) in [5.41, 5.74) is 0.631. The molecule has 0 aliphatic rings. The van der Waals surface area contributed by atoms with Crippen LogP contribution in [0.1, 0.15) is 40.5 Å². The standard InChI is InChI=1S/C18H28N2O3/c1-6-7-12-19(5)18(22)13-20(15(4)21)16-10-8-9-11-17(16)23-14(2)3/h8-11,14H,6-7,12-13H2,1-5H3. The first-order valence-electron chi connectivity index (χ1n) is 8.14. The lowest BCUT2D eigenvalue weighted by molar-refractivity contribution is -0.130. The molecule has 0 unspecified atom stereocenters. The third-order valence-electron chi connectivity index (χ3n) is 3.47. The minimum absolute atomic E-state index is 0.00659. The number of hydrogen-bond donors (Lipinski definition) is 0. The summed E-state index contributed by atoms with van der Waals surface area (Å²) >= 11 is 0. The number of ether oxygens (including phenoxy) is 1. The molecule has 128 valence electrons. The predicted octanol–water partition coefficient (Wildman–Crippen LogP) is 3.09. The van der Waals surface area contributed by atoms with Gasteiger partial charge in [0, 0.05) is 20.5 Å². The van der Waals surface area contributed by atoms with Gasteiger partial charge in [0.15, 0.2) is 0 Å². The SMILES string of the molecule is CCCCN(C)C(=O)CN(C(C)=O)c1ccccc1OC(C)C. The highest BCUT2D eigenvalue weighted by Crippen LogP contribution is 2.29. The summed E-state index contributed by atoms with van der Waals surface area (Å²) in [6, 6.07) is 7.31. The molecule has 0 aromatic heterocycles. The minimum atomic E-state index is -0.179. The molecule has 0 saturated carbocycles. The molecular formula is C18H28N2O3. The maximum Gasteiger partial charge on any atom is 0.242 e. The van der Waals surface area contributed by atoms with Crippen molar-refractivity contribution in [3.63, 3.8) is 0 Å². The van der Waals surface area contributed by atoms with Crippen molar-refractivity contribution < 1.29 is 14.3 Å². The monoisotopic (exact) mass is 320 g/mol. The fourth-order valence-electron chi connectivity index (χ4n) is 2.18. The van der Waals surface area contributed by atoms with Crippen molar-refractivity contribution in [3.8, 4) is 5.75 Å². The Balaban J connectivity index is 2.95. The molecule has 1 aromatic carbocycles. The minimum Gasteiger partial charge on any atom is -0.489 e. The lowest BCUT2D eigenvalue weighted by Gasteiger charge is -2.26. The smallest absolute Gasteiger partial charge is 0.242 e. The zero-order valence-electron chi connectivity index (χ0n) is 14.8. The predicted molar refractivity (Wildman–Crippen MR) is 92.8 cm³/mol. The number of rotatable bonds is 8. The van der Waals surface area contributed by atoms with Gasteiger partial charge in [-0.2, -0.15) is 0 Å². The molecule has 0 N–H and O–H groups in total. The van der Waals surface area contributed by atoms with Crippen LogP contribution in [0, 0.1) is 0 Å². The second-order valence-electron chi connectivity index (χ2n) is 5.91. The van der Waals surface area contributed by atoms with Crippen LogP contribution in [0.15, 0.2) is 24.3 Å². The Labute approximate surface area is 139 Å². The van der Waals surface area contributed by atoms with E-state index in [1.165, 1.54) is 11.8 Å². The van der Waals surface area contributed by atoms with E-state index in [0.29, 0.717) is 18.0 Å². The molecule has 0 spiro atoms. The number of anilines is 1. The molecule has 5 nitrogen and oxygen atoms in total. The van der Waals surface area contributed by atoms with E-state index in [1.54, 1.807) is 18.0 Å². The van der Waals surface area contributed by atoms with E-state index in [9.17, 15) is 9.59 Å². The van der Waals surface area contributed by atoms with Crippen molar-refractivity contribution in [1.82, 2.24) is 4.90 Å². The third-order valence-corrected chi connectivity index (χ3v) is 3.47. The van der Waals surface area contributed by atoms with Crippen molar-refractivity contribution in [3.05, 3.63) is 24.3 Å². The Hall–Kier alpha value is -2.04. The molecule has 23 heavy (non-hydrogen) atoms. The van der Waals surface area contributed by atoms with E-state index in [4.69, 9.17) is 4.74 Å². The second kappa shape index (κ2) is 9.18. The van der Waals surface area contributed by atoms with Gasteiger partial charge in [0.2, 0.25) is 11.8 Å². The van der Waals surface area contributed by atoms with Crippen LogP contribution in [0.5, 0.6) is 5.75 Å². The van der Waals surface area contributed by atoms with Crippen LogP contribution in [0.3, 0.4) is 0 Å². The van der Waals surface area contributed by atoms with Gasteiger partial charge in [-0.15, -0.1) is 0 Å². The van der Waals surface area contributed by atoms with Crippen LogP contribution in [0.4, 0.5) is 5.69 Å². The van der Waals surface area contributed by atoms with E-state index in [0.717, 1.165) is 12.8 Å². The van der Waals surface area contributed by atoms with E-state index in [1.807, 2.05) is 32.0 Å². The van der Waals surface area contributed by atoms with Gasteiger partial charge in [-0.3, -0.25) is 14.5 Å². The van der Waals surface area contributed by atoms with Gasteiger partial charge in [-0.05, 0) is 32.4 Å². The molecule has 1 rings (SSSR count). The number of likely N-dealkylation sites (N-methyl/N-ethyl adjacent to an activating group) is 1. The molecule has 0 fully saturated rings. The number of amides is 2. The maximum atomic E-state index is 12.4. The number of carbonyl (C=O) groups excluding carboxylic acids is 2. The van der Waals surface area contributed by atoms with Gasteiger partial charge in [0.1, 0.15) is 12.3 Å². The Kier molecular flexibility index (Phi) is 7.59. The van der Waals surface area contributed by atoms with Crippen molar-refractivity contribution >= 4 is 17.5 Å². The topological polar surface area (TPSA) is 49.9 Å². The number of nitrogens with zero attached hydrogens (tertiary/aromatic N) is 2. The van der Waals surface area contributed by atoms with E-state index in [2.05, 4.69) is 6.92 Å². The first-order valence-corrected chi connectivity index (χ1v) is 8.14. The lowest BCUT2D eigenvalue weighted by atomic mass is 10.2. The summed E-state index contributed by atoms with van der Waals surface area (Å²) in [6.07, 6.45) is 1.97. The number of carbonyl (C=O) groups is 2. The molecule has 0 heterocycles. The molecule has 0 bridgehead atoms. The molecule has 5 heteroatoms. The third kappa shape index (κ3) is 5.93. The summed E-state index contributed by atoms with van der Waals surface area (Å²) in [6.45, 7) is 8.13. The summed E-state index contributed by atoms with van der Waals surface area (Å²) < 4.78 is 5.76. The van der Waals surface area contributed by atoms with E-state index >= 15 is 0 Å². The molecule has 0 radical (unpaired) electrons. The average Bonchev–Trinajstić information content (AvgIpc) is 2.50. The van der Waals surface area contributed by atoms with Gasteiger partial charge in [0.05, 0.1) is 11.8 Å². The first-order chi connectivity index (χ1) is 10.9. The summed E-state index contributed by atoms with van der Waals surface area (Å²) in [4.78, 5) is 27.6. The molecule has 0 saturated heterocycles. The Bertz CT molecular complexity index is 529. The number of benzene rings is 1. The van der Waals surface area contributed by atoms with E-state index < -0.39 is 0 Å². The largest absolute Gasteiger partial charge is 0.489 e. The van der Waals surface area contributed by atoms with Gasteiger partial charge < -0.3 is 9.64 Å². The van der Waals surface area contributed by atoms with Crippen molar-refractivity contribution in [2.45, 2.75) is 46.6 Å². The van der Waals surface area contributed by atoms with Crippen molar-refractivity contribution in [2.75, 3.05) is 25.0 Å². The molecule has 0 aliphatic carbocycles. The molecule has 1 aromatic rings. The highest BCUT2D eigenvalue weighted by molar-refractivity contribution is 5.98. The van der Waals surface area contributed by atoms with Gasteiger partial charge in [0.25, 0.3) is 0 Å². The Morgan fingerprint density at radius 2 is 1.87 bits per heavy atom. The van der Waals surface area contributed by atoms with Crippen LogP contribution in [-0.2, 0) is 9.59 Å². The van der Waals surface area contributed by atoms with Gasteiger partial charge in [-0.25, -0.2) is 0 Å². The number of unbranched alkanes of at least 4 members (excludes halogenated alkanes) is 1. The normalized spacial score (nSPS) is 10.5. The number of para-hydroxylation sites is 2. The highest BCUT2D eigenvalue weighted by atomic mass is 16.5. The quantitative estimate of drug-likeness (QED) is 0.739. The first kappa shape index (κ1) is 19.0. The Morgan fingerprint density at radius 1 is 1.22 bits per heavy atom. The van der Waals surface area contributed by atoms with Crippen molar-refractivity contribution in [1.29, 1.82) is 0 Å². The molecule has 0 aliphatic heterocycles. The fraction of sp³-hybridized carbons (Fsp3) is 0.556. The second-order valence-corrected chi connectivity index (χ2v) is 5.91. The molecule has 2 amide bonds. The Morgan fingerprint density at radius 3 is 2.43 bits per heavy atom. The zero-order chi connectivity index (χ0) is 17.4. The summed E-state index contributed by atoms with van der Waals surface area (Å²) in [5, 5.41) is 0. The number of hydrogen-bond acceptors (Lipinski definition) is 3. The maximum absolute atomic E-state index is 12.4. The fourth-order valence-corrected chi connectivity index (χ4v) is 2.18. The van der Waals surface area contributed by atoms with Crippen LogP contribution < -0.4 is 9.64 Å². The van der Waals surface area contributed by atoms with Crippen LogP contribution in [0.2, 0.25) is 0 Å². The zero-order valence-corrected chi connectivity index (χ0v) is 14.8. The van der Waals surface area contributed by atoms with Gasteiger partial charge >= 0.3 is 0 Å². The van der Waals surface area contributed by atoms with Crippen LogP contribution in [0.25, 0.3) is 0 Å². The highest BCUT2D eigenvalue weighted by Gasteiger charge is 2.21. The average molecular weight is 320 g/mol. The van der Waals surface area contributed by atoms with Crippen LogP contribution >= 0.6 is 0 Å². The van der Waals surface area contributed by atoms with Crippen LogP contribution in [-0.4, -0.2) is 43.0 Å². The summed E-state index contributed by atoms with van der Waals surface area (Å²) in [7, 11) is 1.77.